The summed E-state index contributed by atoms with van der Waals surface area (Å²) in [5.74, 6) is 0.753. The van der Waals surface area contributed by atoms with Gasteiger partial charge in [-0.2, -0.15) is 0 Å². The smallest absolute Gasteiger partial charge is 0.138 e. The molecule has 4 heteroatoms. The second-order valence-corrected chi connectivity index (χ2v) is 6.27. The van der Waals surface area contributed by atoms with Gasteiger partial charge in [0.05, 0.1) is 11.6 Å². The van der Waals surface area contributed by atoms with Crippen LogP contribution in [0.2, 0.25) is 5.02 Å². The van der Waals surface area contributed by atoms with Crippen molar-refractivity contribution in [3.63, 3.8) is 0 Å². The molecule has 2 N–H and O–H groups in total. The lowest BCUT2D eigenvalue weighted by Gasteiger charge is -2.22. The van der Waals surface area contributed by atoms with E-state index >= 15 is 0 Å². The molecule has 1 fully saturated rings. The van der Waals surface area contributed by atoms with E-state index in [1.807, 2.05) is 25.1 Å². The molecule has 3 nitrogen and oxygen atoms in total. The second kappa shape index (κ2) is 8.50. The highest BCUT2D eigenvalue weighted by Gasteiger charge is 2.15. The summed E-state index contributed by atoms with van der Waals surface area (Å²) in [4.78, 5) is 0. The maximum absolute atomic E-state index is 6.23. The number of hydrogen-bond donors (Lipinski definition) is 2. The Morgan fingerprint density at radius 3 is 3.00 bits per heavy atom. The van der Waals surface area contributed by atoms with E-state index < -0.39 is 0 Å². The molecule has 1 aromatic rings. The molecule has 0 saturated carbocycles. The monoisotopic (exact) mass is 310 g/mol. The number of anilines is 1. The van der Waals surface area contributed by atoms with Gasteiger partial charge < -0.3 is 15.4 Å². The predicted octanol–water partition coefficient (Wildman–Crippen LogP) is 4.46. The molecule has 0 bridgehead atoms. The molecule has 1 aromatic carbocycles. The van der Waals surface area contributed by atoms with E-state index in [1.165, 1.54) is 25.7 Å². The molecule has 0 radical (unpaired) electrons. The maximum atomic E-state index is 6.23. The number of nitrogens with one attached hydrogen (secondary N) is 2. The van der Waals surface area contributed by atoms with Gasteiger partial charge in [0.25, 0.3) is 0 Å². The summed E-state index contributed by atoms with van der Waals surface area (Å²) >= 11 is 6.23. The molecule has 1 saturated heterocycles. The highest BCUT2D eigenvalue weighted by molar-refractivity contribution is 6.32. The number of ether oxygens (including phenoxy) is 1. The molecular formula is C17H27ClN2O. The Morgan fingerprint density at radius 2 is 2.24 bits per heavy atom. The SMILES string of the molecule is CCOc1ccc(NC(C)CC2CCCCCN2)cc1Cl. The average molecular weight is 311 g/mol. The quantitative estimate of drug-likeness (QED) is 0.814. The first-order chi connectivity index (χ1) is 10.2. The van der Waals surface area contributed by atoms with Gasteiger partial charge in [-0.1, -0.05) is 24.4 Å². The fourth-order valence-corrected chi connectivity index (χ4v) is 3.17. The van der Waals surface area contributed by atoms with Crippen molar-refractivity contribution in [2.75, 3.05) is 18.5 Å². The van der Waals surface area contributed by atoms with Crippen molar-refractivity contribution < 1.29 is 4.74 Å². The van der Waals surface area contributed by atoms with Crippen LogP contribution in [-0.2, 0) is 0 Å². The van der Waals surface area contributed by atoms with Crippen molar-refractivity contribution in [1.29, 1.82) is 0 Å². The first-order valence-corrected chi connectivity index (χ1v) is 8.49. The number of rotatable bonds is 6. The molecule has 0 aliphatic carbocycles. The van der Waals surface area contributed by atoms with Crippen LogP contribution in [0.3, 0.4) is 0 Å². The van der Waals surface area contributed by atoms with Gasteiger partial charge in [-0.15, -0.1) is 0 Å². The van der Waals surface area contributed by atoms with Gasteiger partial charge in [0, 0.05) is 17.8 Å². The van der Waals surface area contributed by atoms with Gasteiger partial charge in [0.2, 0.25) is 0 Å². The molecule has 118 valence electrons. The van der Waals surface area contributed by atoms with Crippen molar-refractivity contribution in [1.82, 2.24) is 5.32 Å². The summed E-state index contributed by atoms with van der Waals surface area (Å²) in [6, 6.07) is 6.98. The van der Waals surface area contributed by atoms with Crippen LogP contribution in [0, 0.1) is 0 Å². The highest BCUT2D eigenvalue weighted by atomic mass is 35.5. The Morgan fingerprint density at radius 1 is 1.38 bits per heavy atom. The molecule has 0 amide bonds. The minimum Gasteiger partial charge on any atom is -0.492 e. The zero-order chi connectivity index (χ0) is 15.1. The van der Waals surface area contributed by atoms with Crippen LogP contribution in [0.4, 0.5) is 5.69 Å². The zero-order valence-corrected chi connectivity index (χ0v) is 13.9. The van der Waals surface area contributed by atoms with Crippen LogP contribution in [0.25, 0.3) is 0 Å². The summed E-state index contributed by atoms with van der Waals surface area (Å²) in [6.07, 6.45) is 6.45. The van der Waals surface area contributed by atoms with E-state index in [2.05, 4.69) is 17.6 Å². The van der Waals surface area contributed by atoms with Crippen LogP contribution in [0.5, 0.6) is 5.75 Å². The van der Waals surface area contributed by atoms with E-state index in [1.54, 1.807) is 0 Å². The zero-order valence-electron chi connectivity index (χ0n) is 13.1. The van der Waals surface area contributed by atoms with Gasteiger partial charge >= 0.3 is 0 Å². The first kappa shape index (κ1) is 16.4. The normalized spacial score (nSPS) is 20.6. The van der Waals surface area contributed by atoms with E-state index in [4.69, 9.17) is 16.3 Å². The average Bonchev–Trinajstić information content (AvgIpc) is 2.70. The third-order valence-electron chi connectivity index (χ3n) is 3.95. The second-order valence-electron chi connectivity index (χ2n) is 5.86. The minimum absolute atomic E-state index is 0.426. The Balaban J connectivity index is 1.86. The molecule has 1 heterocycles. The number of hydrogen-bond acceptors (Lipinski definition) is 3. The predicted molar refractivity (Wildman–Crippen MR) is 90.6 cm³/mol. The molecule has 21 heavy (non-hydrogen) atoms. The van der Waals surface area contributed by atoms with Crippen molar-refractivity contribution in [3.05, 3.63) is 23.2 Å². The van der Waals surface area contributed by atoms with Gasteiger partial charge in [0.1, 0.15) is 5.75 Å². The van der Waals surface area contributed by atoms with Gasteiger partial charge in [-0.3, -0.25) is 0 Å². The molecule has 0 spiro atoms. The molecule has 1 aliphatic rings. The van der Waals surface area contributed by atoms with Crippen molar-refractivity contribution in [2.24, 2.45) is 0 Å². The van der Waals surface area contributed by atoms with E-state index in [0.29, 0.717) is 23.7 Å². The van der Waals surface area contributed by atoms with Crippen molar-refractivity contribution >= 4 is 17.3 Å². The van der Waals surface area contributed by atoms with E-state index in [-0.39, 0.29) is 0 Å². The lowest BCUT2D eigenvalue weighted by Crippen LogP contribution is -2.33. The van der Waals surface area contributed by atoms with Gasteiger partial charge in [-0.25, -0.2) is 0 Å². The largest absolute Gasteiger partial charge is 0.492 e. The van der Waals surface area contributed by atoms with Crippen molar-refractivity contribution in [2.45, 2.75) is 58.0 Å². The summed E-state index contributed by atoms with van der Waals surface area (Å²) in [5, 5.41) is 7.86. The summed E-state index contributed by atoms with van der Waals surface area (Å²) in [7, 11) is 0. The van der Waals surface area contributed by atoms with Crippen LogP contribution >= 0.6 is 11.6 Å². The number of halogens is 1. The molecule has 0 aromatic heterocycles. The van der Waals surface area contributed by atoms with Crippen LogP contribution < -0.4 is 15.4 Å². The lowest BCUT2D eigenvalue weighted by molar-refractivity contribution is 0.340. The summed E-state index contributed by atoms with van der Waals surface area (Å²) in [5.41, 5.74) is 1.06. The van der Waals surface area contributed by atoms with Crippen LogP contribution in [-0.4, -0.2) is 25.2 Å². The molecule has 2 unspecified atom stereocenters. The molecular weight excluding hydrogens is 284 g/mol. The highest BCUT2D eigenvalue weighted by Crippen LogP contribution is 2.28. The molecule has 2 atom stereocenters. The first-order valence-electron chi connectivity index (χ1n) is 8.11. The van der Waals surface area contributed by atoms with Crippen LogP contribution in [0.1, 0.15) is 46.0 Å². The fraction of sp³-hybridized carbons (Fsp3) is 0.647. The standard InChI is InChI=1S/C17H27ClN2O/c1-3-21-17-9-8-15(12-16(17)18)20-13(2)11-14-7-5-4-6-10-19-14/h8-9,12-14,19-20H,3-7,10-11H2,1-2H3. The number of benzene rings is 1. The van der Waals surface area contributed by atoms with Crippen LogP contribution in [0.15, 0.2) is 18.2 Å². The van der Waals surface area contributed by atoms with Gasteiger partial charge in [0.15, 0.2) is 0 Å². The molecule has 1 aliphatic heterocycles. The third-order valence-corrected chi connectivity index (χ3v) is 4.24. The van der Waals surface area contributed by atoms with E-state index in [9.17, 15) is 0 Å². The maximum Gasteiger partial charge on any atom is 0.138 e. The topological polar surface area (TPSA) is 33.3 Å². The Kier molecular flexibility index (Phi) is 6.65. The summed E-state index contributed by atoms with van der Waals surface area (Å²) < 4.78 is 5.46. The van der Waals surface area contributed by atoms with E-state index in [0.717, 1.165) is 24.4 Å². The Labute approximate surface area is 133 Å². The Bertz CT molecular complexity index is 431. The molecule has 2 rings (SSSR count). The lowest BCUT2D eigenvalue weighted by atomic mass is 10.0. The van der Waals surface area contributed by atoms with Gasteiger partial charge in [-0.05, 0) is 57.9 Å². The van der Waals surface area contributed by atoms with Crippen molar-refractivity contribution in [3.8, 4) is 5.75 Å². The summed E-state index contributed by atoms with van der Waals surface area (Å²) in [6.45, 7) is 5.99. The fourth-order valence-electron chi connectivity index (χ4n) is 2.94. The Hall–Kier alpha value is -0.930. The third kappa shape index (κ3) is 5.40. The minimum atomic E-state index is 0.426.